The van der Waals surface area contributed by atoms with Gasteiger partial charge in [-0.15, -0.1) is 0 Å². The minimum atomic E-state index is 0.527. The van der Waals surface area contributed by atoms with Crippen LogP contribution >= 0.6 is 0 Å². The molecule has 1 fully saturated rings. The molecule has 0 amide bonds. The molecule has 2 aromatic carbocycles. The van der Waals surface area contributed by atoms with Crippen LogP contribution in [0.5, 0.6) is 0 Å². The third-order valence-electron chi connectivity index (χ3n) is 5.76. The Kier molecular flexibility index (Phi) is 5.64. The average molecular weight is 417 g/mol. The first-order chi connectivity index (χ1) is 15.2. The van der Waals surface area contributed by atoms with Gasteiger partial charge in [0.25, 0.3) is 0 Å². The number of aromatic amines is 1. The summed E-state index contributed by atoms with van der Waals surface area (Å²) in [4.78, 5) is 22.2. The number of para-hydroxylation sites is 3. The summed E-state index contributed by atoms with van der Waals surface area (Å²) >= 11 is 0. The fourth-order valence-electron chi connectivity index (χ4n) is 3.97. The zero-order valence-corrected chi connectivity index (χ0v) is 17.8. The molecule has 0 saturated carbocycles. The van der Waals surface area contributed by atoms with E-state index < -0.39 is 0 Å². The van der Waals surface area contributed by atoms with Crippen molar-refractivity contribution in [2.45, 2.75) is 6.42 Å². The first kappa shape index (κ1) is 19.7. The van der Waals surface area contributed by atoms with Gasteiger partial charge in [0.2, 0.25) is 11.9 Å². The van der Waals surface area contributed by atoms with Gasteiger partial charge in [0.15, 0.2) is 0 Å². The molecule has 4 aromatic rings. The van der Waals surface area contributed by atoms with Gasteiger partial charge in [-0.2, -0.15) is 4.98 Å². The number of fused-ring (bicyclic) bond motifs is 2. The summed E-state index contributed by atoms with van der Waals surface area (Å²) in [5.74, 6) is 2.01. The van der Waals surface area contributed by atoms with Gasteiger partial charge in [0.1, 0.15) is 5.82 Å². The molecular formula is C23H28N8. The van der Waals surface area contributed by atoms with Crippen molar-refractivity contribution in [2.24, 2.45) is 0 Å². The Hall–Kier alpha value is -3.23. The maximum Gasteiger partial charge on any atom is 0.232 e. The molecule has 1 aliphatic heterocycles. The number of benzene rings is 2. The highest BCUT2D eigenvalue weighted by Gasteiger charge is 2.13. The summed E-state index contributed by atoms with van der Waals surface area (Å²) in [5.41, 5.74) is 2.79. The molecule has 0 unspecified atom stereocenters. The van der Waals surface area contributed by atoms with Crippen LogP contribution in [0.1, 0.15) is 6.42 Å². The van der Waals surface area contributed by atoms with E-state index in [9.17, 15) is 0 Å². The third-order valence-corrected chi connectivity index (χ3v) is 5.76. The van der Waals surface area contributed by atoms with Crippen molar-refractivity contribution in [3.05, 3.63) is 48.5 Å². The van der Waals surface area contributed by atoms with Gasteiger partial charge in [-0.05, 0) is 44.3 Å². The second-order valence-electron chi connectivity index (χ2n) is 8.07. The minimum absolute atomic E-state index is 0.527. The van der Waals surface area contributed by atoms with Gasteiger partial charge in [-0.25, -0.2) is 9.97 Å². The number of aromatic nitrogens is 4. The summed E-state index contributed by atoms with van der Waals surface area (Å²) in [6.45, 7) is 6.59. The third kappa shape index (κ3) is 4.60. The Labute approximate surface area is 181 Å². The number of piperazine rings is 1. The summed E-state index contributed by atoms with van der Waals surface area (Å²) in [7, 11) is 2.19. The van der Waals surface area contributed by atoms with Crippen LogP contribution < -0.4 is 10.6 Å². The van der Waals surface area contributed by atoms with E-state index >= 15 is 0 Å². The van der Waals surface area contributed by atoms with E-state index in [4.69, 9.17) is 4.98 Å². The Bertz CT molecular complexity index is 1130. The lowest BCUT2D eigenvalue weighted by Crippen LogP contribution is -2.44. The summed E-state index contributed by atoms with van der Waals surface area (Å²) in [6, 6.07) is 16.0. The number of nitrogens with zero attached hydrogens (tertiary/aromatic N) is 5. The maximum absolute atomic E-state index is 4.75. The molecule has 2 aromatic heterocycles. The van der Waals surface area contributed by atoms with E-state index in [1.165, 1.54) is 0 Å². The molecule has 0 radical (unpaired) electrons. The molecule has 8 nitrogen and oxygen atoms in total. The molecule has 5 rings (SSSR count). The topological polar surface area (TPSA) is 85.0 Å². The lowest BCUT2D eigenvalue weighted by molar-refractivity contribution is 0.154. The molecule has 3 N–H and O–H groups in total. The minimum Gasteiger partial charge on any atom is -0.369 e. The molecule has 31 heavy (non-hydrogen) atoms. The lowest BCUT2D eigenvalue weighted by Gasteiger charge is -2.32. The molecule has 160 valence electrons. The highest BCUT2D eigenvalue weighted by Crippen LogP contribution is 2.23. The van der Waals surface area contributed by atoms with Crippen LogP contribution in [-0.2, 0) is 0 Å². The van der Waals surface area contributed by atoms with Crippen LogP contribution in [0.25, 0.3) is 21.9 Å². The van der Waals surface area contributed by atoms with E-state index in [1.54, 1.807) is 0 Å². The Balaban J connectivity index is 1.29. The van der Waals surface area contributed by atoms with Gasteiger partial charge < -0.3 is 20.1 Å². The van der Waals surface area contributed by atoms with Crippen LogP contribution in [0.2, 0.25) is 0 Å². The normalized spacial score (nSPS) is 15.5. The Morgan fingerprint density at radius 2 is 1.68 bits per heavy atom. The monoisotopic (exact) mass is 416 g/mol. The van der Waals surface area contributed by atoms with E-state index in [-0.39, 0.29) is 0 Å². The summed E-state index contributed by atoms with van der Waals surface area (Å²) < 4.78 is 0. The number of anilines is 3. The van der Waals surface area contributed by atoms with Crippen molar-refractivity contribution in [3.63, 3.8) is 0 Å². The molecule has 1 aliphatic rings. The number of hydrogen-bond donors (Lipinski definition) is 3. The van der Waals surface area contributed by atoms with Crippen LogP contribution in [-0.4, -0.2) is 76.1 Å². The Morgan fingerprint density at radius 3 is 2.52 bits per heavy atom. The fraction of sp³-hybridized carbons (Fsp3) is 0.348. The van der Waals surface area contributed by atoms with Crippen molar-refractivity contribution in [3.8, 4) is 0 Å². The summed E-state index contributed by atoms with van der Waals surface area (Å²) in [6.07, 6.45) is 1.08. The van der Waals surface area contributed by atoms with E-state index in [1.807, 2.05) is 42.5 Å². The number of H-pyrrole nitrogens is 1. The number of imidazole rings is 1. The number of rotatable bonds is 7. The predicted octanol–water partition coefficient (Wildman–Crippen LogP) is 3.30. The lowest BCUT2D eigenvalue weighted by atomic mass is 10.2. The fourth-order valence-corrected chi connectivity index (χ4v) is 3.97. The molecule has 3 heterocycles. The number of likely N-dealkylation sites (N-methyl/N-ethyl adjacent to an activating group) is 1. The van der Waals surface area contributed by atoms with Crippen molar-refractivity contribution in [2.75, 3.05) is 56.9 Å². The average Bonchev–Trinajstić information content (AvgIpc) is 3.20. The molecular weight excluding hydrogens is 388 g/mol. The summed E-state index contributed by atoms with van der Waals surface area (Å²) in [5, 5.41) is 7.79. The van der Waals surface area contributed by atoms with Crippen molar-refractivity contribution >= 4 is 39.7 Å². The maximum atomic E-state index is 4.75. The molecule has 1 saturated heterocycles. The number of hydrogen-bond acceptors (Lipinski definition) is 7. The predicted molar refractivity (Wildman–Crippen MR) is 126 cm³/mol. The van der Waals surface area contributed by atoms with E-state index in [2.05, 4.69) is 48.5 Å². The molecule has 0 spiro atoms. The van der Waals surface area contributed by atoms with Gasteiger partial charge in [-0.3, -0.25) is 5.32 Å². The molecule has 0 aliphatic carbocycles. The van der Waals surface area contributed by atoms with Gasteiger partial charge >= 0.3 is 0 Å². The van der Waals surface area contributed by atoms with E-state index in [0.29, 0.717) is 11.9 Å². The standard InChI is InChI=1S/C23H28N8/c1-30-13-15-31(16-14-30)12-6-11-24-21-17-7-2-3-8-18(17)25-23(28-21)29-22-26-19-9-4-5-10-20(19)27-22/h2-5,7-10H,6,11-16H2,1H3,(H3,24,25,26,27,28,29). The first-order valence-electron chi connectivity index (χ1n) is 10.9. The van der Waals surface area contributed by atoms with Crippen molar-refractivity contribution < 1.29 is 0 Å². The zero-order chi connectivity index (χ0) is 21.0. The molecule has 0 atom stereocenters. The molecule has 0 bridgehead atoms. The molecule has 8 heteroatoms. The van der Waals surface area contributed by atoms with E-state index in [0.717, 1.165) is 73.4 Å². The Morgan fingerprint density at radius 1 is 0.903 bits per heavy atom. The highest BCUT2D eigenvalue weighted by atomic mass is 15.2. The van der Waals surface area contributed by atoms with Gasteiger partial charge in [0, 0.05) is 38.1 Å². The number of nitrogens with one attached hydrogen (secondary N) is 3. The zero-order valence-electron chi connectivity index (χ0n) is 17.8. The second kappa shape index (κ2) is 8.87. The van der Waals surface area contributed by atoms with Crippen LogP contribution in [0.3, 0.4) is 0 Å². The van der Waals surface area contributed by atoms with Gasteiger partial charge in [-0.1, -0.05) is 24.3 Å². The second-order valence-corrected chi connectivity index (χ2v) is 8.07. The van der Waals surface area contributed by atoms with Crippen molar-refractivity contribution in [1.82, 2.24) is 29.7 Å². The quantitative estimate of drug-likeness (QED) is 0.399. The first-order valence-corrected chi connectivity index (χ1v) is 10.9. The largest absolute Gasteiger partial charge is 0.369 e. The van der Waals surface area contributed by atoms with Crippen molar-refractivity contribution in [1.29, 1.82) is 0 Å². The van der Waals surface area contributed by atoms with Gasteiger partial charge in [0.05, 0.1) is 16.6 Å². The SMILES string of the molecule is CN1CCN(CCCNc2nc(Nc3nc4ccccc4[nH]3)nc3ccccc23)CC1. The smallest absolute Gasteiger partial charge is 0.232 e. The van der Waals surface area contributed by atoms with Crippen LogP contribution in [0, 0.1) is 0 Å². The van der Waals surface area contributed by atoms with Crippen LogP contribution in [0.4, 0.5) is 17.7 Å². The highest BCUT2D eigenvalue weighted by molar-refractivity contribution is 5.90. The van der Waals surface area contributed by atoms with Crippen LogP contribution in [0.15, 0.2) is 48.5 Å².